The van der Waals surface area contributed by atoms with Gasteiger partial charge in [-0.1, -0.05) is 23.7 Å². The highest BCUT2D eigenvalue weighted by Gasteiger charge is 2.28. The van der Waals surface area contributed by atoms with E-state index in [0.29, 0.717) is 5.69 Å². The zero-order valence-electron chi connectivity index (χ0n) is 13.3. The van der Waals surface area contributed by atoms with Crippen LogP contribution in [0.25, 0.3) is 0 Å². The van der Waals surface area contributed by atoms with Crippen LogP contribution in [-0.2, 0) is 4.79 Å². The van der Waals surface area contributed by atoms with Crippen LogP contribution < -0.4 is 15.4 Å². The number of halogens is 4. The number of amides is 2. The molecular formula is C17H14ClF3N2O3. The minimum absolute atomic E-state index is 0.0207. The van der Waals surface area contributed by atoms with Crippen LogP contribution in [0.4, 0.5) is 18.9 Å². The number of ether oxygens (including phenoxy) is 1. The molecule has 0 aliphatic heterocycles. The van der Waals surface area contributed by atoms with E-state index in [-0.39, 0.29) is 22.9 Å². The number of rotatable bonds is 6. The van der Waals surface area contributed by atoms with Crippen molar-refractivity contribution in [3.05, 3.63) is 59.1 Å². The van der Waals surface area contributed by atoms with Crippen molar-refractivity contribution in [2.45, 2.75) is 6.18 Å². The fourth-order valence-electron chi connectivity index (χ4n) is 1.91. The third-order valence-corrected chi connectivity index (χ3v) is 3.40. The van der Waals surface area contributed by atoms with Gasteiger partial charge in [0.2, 0.25) is 5.91 Å². The number of anilines is 1. The lowest BCUT2D eigenvalue weighted by Gasteiger charge is -2.10. The molecule has 2 rings (SSSR count). The van der Waals surface area contributed by atoms with Crippen LogP contribution in [-0.4, -0.2) is 31.1 Å². The van der Waals surface area contributed by atoms with Crippen LogP contribution in [0.15, 0.2) is 48.5 Å². The number of carbonyl (C=O) groups excluding carboxylic acids is 2. The first-order valence-corrected chi connectivity index (χ1v) is 7.74. The van der Waals surface area contributed by atoms with Gasteiger partial charge in [0.05, 0.1) is 17.1 Å². The largest absolute Gasteiger partial charge is 0.484 e. The highest BCUT2D eigenvalue weighted by Crippen LogP contribution is 2.20. The second kappa shape index (κ2) is 8.57. The van der Waals surface area contributed by atoms with E-state index in [1.54, 1.807) is 18.2 Å². The normalized spacial score (nSPS) is 10.9. The van der Waals surface area contributed by atoms with Gasteiger partial charge in [0.1, 0.15) is 5.75 Å². The Balaban J connectivity index is 1.82. The summed E-state index contributed by atoms with van der Waals surface area (Å²) >= 11 is 5.89. The smallest absolute Gasteiger partial charge is 0.422 e. The molecule has 2 aromatic rings. The van der Waals surface area contributed by atoms with Crippen molar-refractivity contribution < 1.29 is 27.5 Å². The molecule has 0 aromatic heterocycles. The number of carbonyl (C=O) groups is 2. The van der Waals surface area contributed by atoms with E-state index in [1.807, 2.05) is 0 Å². The van der Waals surface area contributed by atoms with Gasteiger partial charge in [-0.25, -0.2) is 0 Å². The van der Waals surface area contributed by atoms with Crippen LogP contribution in [0, 0.1) is 0 Å². The summed E-state index contributed by atoms with van der Waals surface area (Å²) in [5.41, 5.74) is 0.592. The minimum Gasteiger partial charge on any atom is -0.484 e. The summed E-state index contributed by atoms with van der Waals surface area (Å²) in [6.45, 7) is -1.69. The molecule has 0 saturated heterocycles. The SMILES string of the molecule is O=C(CNC(=O)c1ccccc1Cl)Nc1ccc(OCC(F)(F)F)cc1. The number of benzene rings is 2. The fourth-order valence-corrected chi connectivity index (χ4v) is 2.13. The van der Waals surface area contributed by atoms with E-state index in [9.17, 15) is 22.8 Å². The molecule has 138 valence electrons. The Morgan fingerprint density at radius 1 is 1.04 bits per heavy atom. The van der Waals surface area contributed by atoms with E-state index in [4.69, 9.17) is 11.6 Å². The Morgan fingerprint density at radius 3 is 2.31 bits per heavy atom. The summed E-state index contributed by atoms with van der Waals surface area (Å²) in [6, 6.07) is 11.8. The van der Waals surface area contributed by atoms with E-state index in [2.05, 4.69) is 15.4 Å². The van der Waals surface area contributed by atoms with Gasteiger partial charge in [0.25, 0.3) is 5.91 Å². The molecule has 0 unspecified atom stereocenters. The molecule has 0 atom stereocenters. The lowest BCUT2D eigenvalue weighted by molar-refractivity contribution is -0.153. The summed E-state index contributed by atoms with van der Waals surface area (Å²) in [5.74, 6) is -0.983. The van der Waals surface area contributed by atoms with Crippen molar-refractivity contribution in [2.75, 3.05) is 18.5 Å². The van der Waals surface area contributed by atoms with Gasteiger partial charge in [0, 0.05) is 5.69 Å². The molecule has 0 bridgehead atoms. The lowest BCUT2D eigenvalue weighted by Crippen LogP contribution is -2.33. The van der Waals surface area contributed by atoms with Crippen LogP contribution >= 0.6 is 11.6 Å². The standard InChI is InChI=1S/C17H14ClF3N2O3/c18-14-4-2-1-3-13(14)16(25)22-9-15(24)23-11-5-7-12(8-6-11)26-10-17(19,20)21/h1-8H,9-10H2,(H,22,25)(H,23,24). The fraction of sp³-hybridized carbons (Fsp3) is 0.176. The van der Waals surface area contributed by atoms with Crippen LogP contribution in [0.1, 0.15) is 10.4 Å². The zero-order valence-corrected chi connectivity index (χ0v) is 14.0. The highest BCUT2D eigenvalue weighted by molar-refractivity contribution is 6.33. The molecule has 0 aliphatic rings. The Kier molecular flexibility index (Phi) is 6.46. The van der Waals surface area contributed by atoms with Crippen molar-refractivity contribution in [3.8, 4) is 5.75 Å². The predicted octanol–water partition coefficient (Wildman–Crippen LogP) is 3.65. The van der Waals surface area contributed by atoms with Crippen molar-refractivity contribution in [1.29, 1.82) is 0 Å². The van der Waals surface area contributed by atoms with Gasteiger partial charge in [-0.3, -0.25) is 9.59 Å². The molecule has 0 aliphatic carbocycles. The van der Waals surface area contributed by atoms with E-state index in [0.717, 1.165) is 0 Å². The van der Waals surface area contributed by atoms with Gasteiger partial charge >= 0.3 is 6.18 Å². The van der Waals surface area contributed by atoms with E-state index in [1.165, 1.54) is 30.3 Å². The molecule has 0 spiro atoms. The molecule has 0 heterocycles. The van der Waals surface area contributed by atoms with Gasteiger partial charge in [0.15, 0.2) is 6.61 Å². The maximum Gasteiger partial charge on any atom is 0.422 e. The molecule has 2 amide bonds. The van der Waals surface area contributed by atoms with Gasteiger partial charge < -0.3 is 15.4 Å². The maximum atomic E-state index is 12.1. The lowest BCUT2D eigenvalue weighted by atomic mass is 10.2. The van der Waals surface area contributed by atoms with Gasteiger partial charge in [-0.2, -0.15) is 13.2 Å². The summed E-state index contributed by atoms with van der Waals surface area (Å²) < 4.78 is 40.8. The van der Waals surface area contributed by atoms with Crippen LogP contribution in [0.5, 0.6) is 5.75 Å². The molecule has 0 fully saturated rings. The average Bonchev–Trinajstić information content (AvgIpc) is 2.59. The summed E-state index contributed by atoms with van der Waals surface area (Å²) in [5, 5.41) is 5.19. The summed E-state index contributed by atoms with van der Waals surface area (Å²) in [4.78, 5) is 23.8. The molecule has 2 aromatic carbocycles. The number of nitrogens with one attached hydrogen (secondary N) is 2. The quantitative estimate of drug-likeness (QED) is 0.796. The van der Waals surface area contributed by atoms with Gasteiger partial charge in [-0.15, -0.1) is 0 Å². The second-order valence-electron chi connectivity index (χ2n) is 5.14. The van der Waals surface area contributed by atoms with Crippen molar-refractivity contribution >= 4 is 29.1 Å². The molecule has 2 N–H and O–H groups in total. The Bertz CT molecular complexity index is 780. The van der Waals surface area contributed by atoms with E-state index < -0.39 is 24.6 Å². The van der Waals surface area contributed by atoms with E-state index >= 15 is 0 Å². The second-order valence-corrected chi connectivity index (χ2v) is 5.55. The number of alkyl halides is 3. The third-order valence-electron chi connectivity index (χ3n) is 3.07. The molecule has 0 saturated carbocycles. The zero-order chi connectivity index (χ0) is 19.2. The molecule has 0 radical (unpaired) electrons. The first-order valence-electron chi connectivity index (χ1n) is 7.37. The molecule has 9 heteroatoms. The maximum absolute atomic E-state index is 12.1. The topological polar surface area (TPSA) is 67.4 Å². The summed E-state index contributed by atoms with van der Waals surface area (Å²) in [7, 11) is 0. The van der Waals surface area contributed by atoms with Crippen molar-refractivity contribution in [1.82, 2.24) is 5.32 Å². The Morgan fingerprint density at radius 2 is 1.69 bits per heavy atom. The van der Waals surface area contributed by atoms with Gasteiger partial charge in [-0.05, 0) is 36.4 Å². The molecular weight excluding hydrogens is 373 g/mol. The van der Waals surface area contributed by atoms with Crippen LogP contribution in [0.3, 0.4) is 0 Å². The molecule has 5 nitrogen and oxygen atoms in total. The Labute approximate surface area is 152 Å². The predicted molar refractivity (Wildman–Crippen MR) is 90.4 cm³/mol. The first kappa shape index (κ1) is 19.6. The summed E-state index contributed by atoms with van der Waals surface area (Å²) in [6.07, 6.45) is -4.42. The average molecular weight is 387 g/mol. The monoisotopic (exact) mass is 386 g/mol. The van der Waals surface area contributed by atoms with Crippen molar-refractivity contribution in [3.63, 3.8) is 0 Å². The minimum atomic E-state index is -4.42. The molecule has 26 heavy (non-hydrogen) atoms. The highest BCUT2D eigenvalue weighted by atomic mass is 35.5. The first-order chi connectivity index (χ1) is 12.2. The van der Waals surface area contributed by atoms with Crippen LogP contribution in [0.2, 0.25) is 5.02 Å². The number of hydrogen-bond donors (Lipinski definition) is 2. The third kappa shape index (κ3) is 6.29. The Hall–Kier alpha value is -2.74. The van der Waals surface area contributed by atoms with Crippen molar-refractivity contribution in [2.24, 2.45) is 0 Å². The number of hydrogen-bond acceptors (Lipinski definition) is 3.